The molecular weight excluding hydrogens is 216 g/mol. The molecule has 0 bridgehead atoms. The van der Waals surface area contributed by atoms with Gasteiger partial charge in [-0.15, -0.1) is 12.4 Å². The van der Waals surface area contributed by atoms with E-state index in [2.05, 4.69) is 12.2 Å². The monoisotopic (exact) mass is 238 g/mol. The molecule has 0 rings (SSSR count). The summed E-state index contributed by atoms with van der Waals surface area (Å²) in [6.07, 6.45) is 2.08. The van der Waals surface area contributed by atoms with E-state index < -0.39 is 0 Å². The van der Waals surface area contributed by atoms with Crippen molar-refractivity contribution in [3.63, 3.8) is 0 Å². The van der Waals surface area contributed by atoms with E-state index in [4.69, 9.17) is 10.5 Å². The van der Waals surface area contributed by atoms with Gasteiger partial charge in [0.15, 0.2) is 0 Å². The molecule has 4 nitrogen and oxygen atoms in total. The highest BCUT2D eigenvalue weighted by atomic mass is 35.5. The number of carbonyl (C=O) groups is 1. The van der Waals surface area contributed by atoms with Crippen molar-refractivity contribution in [2.45, 2.75) is 39.2 Å². The molecule has 0 saturated carbocycles. The Morgan fingerprint density at radius 2 is 2.07 bits per heavy atom. The van der Waals surface area contributed by atoms with Crippen LogP contribution in [0.2, 0.25) is 0 Å². The zero-order valence-corrected chi connectivity index (χ0v) is 10.7. The van der Waals surface area contributed by atoms with Crippen molar-refractivity contribution in [2.24, 2.45) is 5.73 Å². The molecule has 0 aromatic heterocycles. The molecule has 92 valence electrons. The molecular formula is C10H23ClN2O2. The van der Waals surface area contributed by atoms with Crippen molar-refractivity contribution < 1.29 is 9.53 Å². The minimum Gasteiger partial charge on any atom is -0.372 e. The highest BCUT2D eigenvalue weighted by Crippen LogP contribution is 1.92. The molecule has 0 aliphatic carbocycles. The second-order valence-electron chi connectivity index (χ2n) is 4.17. The van der Waals surface area contributed by atoms with Gasteiger partial charge < -0.3 is 15.8 Å². The van der Waals surface area contributed by atoms with Crippen LogP contribution in [0.1, 0.15) is 33.6 Å². The number of ether oxygens (including phenoxy) is 1. The molecule has 0 aliphatic rings. The van der Waals surface area contributed by atoms with Crippen molar-refractivity contribution >= 4 is 18.3 Å². The lowest BCUT2D eigenvalue weighted by Gasteiger charge is -2.18. The molecule has 0 aromatic carbocycles. The lowest BCUT2D eigenvalue weighted by molar-refractivity contribution is -0.125. The van der Waals surface area contributed by atoms with Crippen LogP contribution in [0, 0.1) is 0 Å². The van der Waals surface area contributed by atoms with E-state index in [9.17, 15) is 4.79 Å². The maximum Gasteiger partial charge on any atom is 0.246 e. The summed E-state index contributed by atoms with van der Waals surface area (Å²) in [7, 11) is 0. The van der Waals surface area contributed by atoms with E-state index in [1.807, 2.05) is 13.8 Å². The van der Waals surface area contributed by atoms with Gasteiger partial charge in [-0.25, -0.2) is 0 Å². The Morgan fingerprint density at radius 1 is 1.47 bits per heavy atom. The molecule has 0 heterocycles. The predicted molar refractivity (Wildman–Crippen MR) is 64.3 cm³/mol. The zero-order valence-electron chi connectivity index (χ0n) is 9.84. The van der Waals surface area contributed by atoms with Crippen molar-refractivity contribution in [3.05, 3.63) is 0 Å². The van der Waals surface area contributed by atoms with Crippen LogP contribution in [-0.2, 0) is 9.53 Å². The number of rotatable bonds is 7. The molecule has 0 radical (unpaired) electrons. The SMILES string of the molecule is CCCCOCC(=O)NCC(C)(C)N.Cl. The third kappa shape index (κ3) is 13.7. The molecule has 0 atom stereocenters. The number of hydrogen-bond acceptors (Lipinski definition) is 3. The van der Waals surface area contributed by atoms with Gasteiger partial charge in [-0.05, 0) is 20.3 Å². The summed E-state index contributed by atoms with van der Waals surface area (Å²) in [6.45, 7) is 7.08. The molecule has 5 heteroatoms. The molecule has 1 amide bonds. The van der Waals surface area contributed by atoms with Crippen molar-refractivity contribution in [2.75, 3.05) is 19.8 Å². The van der Waals surface area contributed by atoms with Gasteiger partial charge in [0.05, 0.1) is 0 Å². The number of nitrogens with one attached hydrogen (secondary N) is 1. The fraction of sp³-hybridized carbons (Fsp3) is 0.900. The van der Waals surface area contributed by atoms with E-state index in [1.165, 1.54) is 0 Å². The number of halogens is 1. The zero-order chi connectivity index (χ0) is 11.0. The molecule has 0 aromatic rings. The van der Waals surface area contributed by atoms with E-state index in [1.54, 1.807) is 0 Å². The number of amides is 1. The van der Waals surface area contributed by atoms with Gasteiger partial charge in [-0.2, -0.15) is 0 Å². The first-order valence-corrected chi connectivity index (χ1v) is 5.09. The average Bonchev–Trinajstić information content (AvgIpc) is 2.08. The standard InChI is InChI=1S/C10H22N2O2.ClH/c1-4-5-6-14-7-9(13)12-8-10(2,3)11;/h4-8,11H2,1-3H3,(H,12,13);1H. The lowest BCUT2D eigenvalue weighted by atomic mass is 10.1. The minimum absolute atomic E-state index is 0. The van der Waals surface area contributed by atoms with Crippen LogP contribution in [-0.4, -0.2) is 31.2 Å². The maximum atomic E-state index is 11.2. The molecule has 0 unspecified atom stereocenters. The van der Waals surface area contributed by atoms with Gasteiger partial charge in [-0.1, -0.05) is 13.3 Å². The van der Waals surface area contributed by atoms with Crippen molar-refractivity contribution in [1.82, 2.24) is 5.32 Å². The molecule has 0 aliphatic heterocycles. The van der Waals surface area contributed by atoms with Crippen LogP contribution < -0.4 is 11.1 Å². The summed E-state index contributed by atoms with van der Waals surface area (Å²) >= 11 is 0. The summed E-state index contributed by atoms with van der Waals surface area (Å²) in [5, 5.41) is 2.71. The highest BCUT2D eigenvalue weighted by Gasteiger charge is 2.11. The molecule has 0 spiro atoms. The summed E-state index contributed by atoms with van der Waals surface area (Å²) < 4.78 is 5.15. The van der Waals surface area contributed by atoms with Gasteiger partial charge in [-0.3, -0.25) is 4.79 Å². The smallest absolute Gasteiger partial charge is 0.246 e. The first kappa shape index (κ1) is 17.1. The summed E-state index contributed by atoms with van der Waals surface area (Å²) in [5.41, 5.74) is 5.34. The van der Waals surface area contributed by atoms with Gasteiger partial charge in [0.2, 0.25) is 5.91 Å². The number of hydrogen-bond donors (Lipinski definition) is 2. The third-order valence-electron chi connectivity index (χ3n) is 1.62. The first-order valence-electron chi connectivity index (χ1n) is 5.09. The second-order valence-corrected chi connectivity index (χ2v) is 4.17. The summed E-state index contributed by atoms with van der Waals surface area (Å²) in [5.74, 6) is -0.0976. The maximum absolute atomic E-state index is 11.2. The minimum atomic E-state index is -0.362. The predicted octanol–water partition coefficient (Wildman–Crippen LogP) is 1.08. The number of carbonyl (C=O) groups excluding carboxylic acids is 1. The average molecular weight is 239 g/mol. The topological polar surface area (TPSA) is 64.3 Å². The molecule has 3 N–H and O–H groups in total. The Kier molecular flexibility index (Phi) is 10.2. The molecule has 0 saturated heterocycles. The van der Waals surface area contributed by atoms with E-state index in [-0.39, 0.29) is 30.5 Å². The Labute approximate surface area is 98.3 Å². The summed E-state index contributed by atoms with van der Waals surface area (Å²) in [4.78, 5) is 11.2. The van der Waals surface area contributed by atoms with Crippen molar-refractivity contribution in [1.29, 1.82) is 0 Å². The molecule has 15 heavy (non-hydrogen) atoms. The third-order valence-corrected chi connectivity index (χ3v) is 1.62. The van der Waals surface area contributed by atoms with Crippen LogP contribution in [0.15, 0.2) is 0 Å². The van der Waals surface area contributed by atoms with Crippen LogP contribution in [0.25, 0.3) is 0 Å². The van der Waals surface area contributed by atoms with E-state index in [0.29, 0.717) is 13.2 Å². The highest BCUT2D eigenvalue weighted by molar-refractivity contribution is 5.85. The largest absolute Gasteiger partial charge is 0.372 e. The van der Waals surface area contributed by atoms with Crippen molar-refractivity contribution in [3.8, 4) is 0 Å². The van der Waals surface area contributed by atoms with Crippen LogP contribution in [0.4, 0.5) is 0 Å². The van der Waals surface area contributed by atoms with Crippen LogP contribution in [0.5, 0.6) is 0 Å². The first-order chi connectivity index (χ1) is 6.45. The van der Waals surface area contributed by atoms with Gasteiger partial charge >= 0.3 is 0 Å². The second kappa shape index (κ2) is 8.95. The van der Waals surface area contributed by atoms with Gasteiger partial charge in [0.1, 0.15) is 6.61 Å². The normalized spacial score (nSPS) is 10.7. The Bertz CT molecular complexity index is 169. The Balaban J connectivity index is 0. The lowest BCUT2D eigenvalue weighted by Crippen LogP contribution is -2.46. The van der Waals surface area contributed by atoms with Crippen LogP contribution >= 0.6 is 12.4 Å². The summed E-state index contributed by atoms with van der Waals surface area (Å²) in [6, 6.07) is 0. The van der Waals surface area contributed by atoms with E-state index >= 15 is 0 Å². The fourth-order valence-corrected chi connectivity index (χ4v) is 0.789. The number of nitrogens with two attached hydrogens (primary N) is 1. The van der Waals surface area contributed by atoms with Gasteiger partial charge in [0, 0.05) is 18.7 Å². The quantitative estimate of drug-likeness (QED) is 0.653. The van der Waals surface area contributed by atoms with Gasteiger partial charge in [0.25, 0.3) is 0 Å². The Hall–Kier alpha value is -0.320. The fourth-order valence-electron chi connectivity index (χ4n) is 0.789. The molecule has 0 fully saturated rings. The van der Waals surface area contributed by atoms with Crippen LogP contribution in [0.3, 0.4) is 0 Å². The Morgan fingerprint density at radius 3 is 2.53 bits per heavy atom. The number of unbranched alkanes of at least 4 members (excludes halogenated alkanes) is 1. The van der Waals surface area contributed by atoms with E-state index in [0.717, 1.165) is 12.8 Å².